The minimum atomic E-state index is -1.26. The summed E-state index contributed by atoms with van der Waals surface area (Å²) in [6, 6.07) is 0. The topological polar surface area (TPSA) is 17.1 Å². The molecule has 5 heteroatoms. The average molecular weight is 223 g/mol. The summed E-state index contributed by atoms with van der Waals surface area (Å²) in [6.45, 7) is 0. The van der Waals surface area contributed by atoms with Gasteiger partial charge >= 0.3 is 0 Å². The molecule has 0 aliphatic carbocycles. The van der Waals surface area contributed by atoms with Gasteiger partial charge in [0.15, 0.2) is 3.79 Å². The van der Waals surface area contributed by atoms with E-state index < -0.39 is 3.79 Å². The van der Waals surface area contributed by atoms with E-state index in [4.69, 9.17) is 34.8 Å². The molecule has 0 unspecified atom stereocenters. The molecular formula is C4H5Cl3OTi. The Hall–Kier alpha value is 1.25. The van der Waals surface area contributed by atoms with Gasteiger partial charge < -0.3 is 4.79 Å². The van der Waals surface area contributed by atoms with Crippen LogP contribution in [0, 0.1) is 0 Å². The number of halogens is 3. The summed E-state index contributed by atoms with van der Waals surface area (Å²) in [5, 5.41) is 0. The Morgan fingerprint density at radius 3 is 1.89 bits per heavy atom. The Morgan fingerprint density at radius 2 is 1.78 bits per heavy atom. The van der Waals surface area contributed by atoms with Crippen LogP contribution in [0.4, 0.5) is 0 Å². The molecule has 0 rings (SSSR count). The van der Waals surface area contributed by atoms with E-state index in [1.807, 2.05) is 0 Å². The van der Waals surface area contributed by atoms with Gasteiger partial charge in [0.05, 0.1) is 0 Å². The van der Waals surface area contributed by atoms with Crippen molar-refractivity contribution < 1.29 is 26.5 Å². The largest absolute Gasteiger partial charge is 0.303 e. The van der Waals surface area contributed by atoms with Crippen LogP contribution in [0.25, 0.3) is 0 Å². The van der Waals surface area contributed by atoms with E-state index in [1.54, 1.807) is 0 Å². The van der Waals surface area contributed by atoms with Crippen molar-refractivity contribution in [2.45, 2.75) is 16.6 Å². The fraction of sp³-hybridized carbons (Fsp3) is 0.750. The number of carbonyl (C=O) groups excluding carboxylic acids is 1. The monoisotopic (exact) mass is 222 g/mol. The average Bonchev–Trinajstić information content (AvgIpc) is 1.59. The zero-order chi connectivity index (χ0) is 6.62. The van der Waals surface area contributed by atoms with Crippen LogP contribution in [0.5, 0.6) is 0 Å². The molecule has 0 saturated heterocycles. The van der Waals surface area contributed by atoms with Crippen LogP contribution in [0.15, 0.2) is 0 Å². The smallest absolute Gasteiger partial charge is 0.191 e. The second-order valence-electron chi connectivity index (χ2n) is 1.32. The van der Waals surface area contributed by atoms with Gasteiger partial charge in [0.25, 0.3) is 0 Å². The number of aldehydes is 1. The third kappa shape index (κ3) is 12.5. The fourth-order valence-electron chi connectivity index (χ4n) is 0.223. The molecule has 0 radical (unpaired) electrons. The van der Waals surface area contributed by atoms with Crippen molar-refractivity contribution in [1.29, 1.82) is 0 Å². The maximum Gasteiger partial charge on any atom is 0.191 e. The predicted octanol–water partition coefficient (Wildman–Crippen LogP) is 2.33. The molecule has 1 nitrogen and oxygen atoms in total. The number of rotatable bonds is 2. The van der Waals surface area contributed by atoms with Gasteiger partial charge in [-0.1, -0.05) is 34.8 Å². The Labute approximate surface area is 83.9 Å². The molecule has 0 aliphatic heterocycles. The molecule has 0 aromatic heterocycles. The summed E-state index contributed by atoms with van der Waals surface area (Å²) in [5.74, 6) is 0. The SMILES string of the molecule is O=CCCC(Cl)(Cl)Cl.[Ti]. The van der Waals surface area contributed by atoms with Crippen molar-refractivity contribution >= 4 is 41.1 Å². The summed E-state index contributed by atoms with van der Waals surface area (Å²) >= 11 is 15.9. The first-order chi connectivity index (χ1) is 3.56. The summed E-state index contributed by atoms with van der Waals surface area (Å²) in [4.78, 5) is 9.68. The summed E-state index contributed by atoms with van der Waals surface area (Å²) in [5.41, 5.74) is 0. The zero-order valence-corrected chi connectivity index (χ0v) is 8.36. The van der Waals surface area contributed by atoms with Gasteiger partial charge in [-0.3, -0.25) is 0 Å². The predicted molar refractivity (Wildman–Crippen MR) is 35.6 cm³/mol. The normalized spacial score (nSPS) is 10.1. The number of alkyl halides is 3. The molecular weight excluding hydrogens is 218 g/mol. The van der Waals surface area contributed by atoms with E-state index in [0.717, 1.165) is 6.29 Å². The van der Waals surface area contributed by atoms with Crippen molar-refractivity contribution in [2.24, 2.45) is 0 Å². The third-order valence-corrected chi connectivity index (χ3v) is 1.11. The van der Waals surface area contributed by atoms with Crippen LogP contribution in [0.3, 0.4) is 0 Å². The van der Waals surface area contributed by atoms with Crippen LogP contribution >= 0.6 is 34.8 Å². The molecule has 0 saturated carbocycles. The van der Waals surface area contributed by atoms with Gasteiger partial charge in [0, 0.05) is 34.6 Å². The van der Waals surface area contributed by atoms with Crippen molar-refractivity contribution in [2.75, 3.05) is 0 Å². The van der Waals surface area contributed by atoms with Gasteiger partial charge in [-0.2, -0.15) is 0 Å². The molecule has 0 atom stereocenters. The van der Waals surface area contributed by atoms with Crippen molar-refractivity contribution in [3.63, 3.8) is 0 Å². The second-order valence-corrected chi connectivity index (χ2v) is 3.84. The van der Waals surface area contributed by atoms with E-state index in [9.17, 15) is 4.79 Å². The maximum absolute atomic E-state index is 9.68. The van der Waals surface area contributed by atoms with E-state index in [-0.39, 0.29) is 21.7 Å². The van der Waals surface area contributed by atoms with E-state index >= 15 is 0 Å². The Bertz CT molecular complexity index is 80.4. The molecule has 52 valence electrons. The Balaban J connectivity index is 0. The van der Waals surface area contributed by atoms with E-state index in [2.05, 4.69) is 0 Å². The molecule has 0 spiro atoms. The second kappa shape index (κ2) is 6.00. The Morgan fingerprint density at radius 1 is 1.33 bits per heavy atom. The first-order valence-electron chi connectivity index (χ1n) is 2.06. The zero-order valence-electron chi connectivity index (χ0n) is 4.53. The van der Waals surface area contributed by atoms with Crippen LogP contribution in [0.2, 0.25) is 0 Å². The molecule has 0 N–H and O–H groups in total. The molecule has 0 amide bonds. The number of carbonyl (C=O) groups is 1. The van der Waals surface area contributed by atoms with Crippen molar-refractivity contribution in [1.82, 2.24) is 0 Å². The third-order valence-electron chi connectivity index (χ3n) is 0.546. The number of hydrogen-bond acceptors (Lipinski definition) is 1. The van der Waals surface area contributed by atoms with Gasteiger partial charge in [0.1, 0.15) is 6.29 Å². The first kappa shape index (κ1) is 12.9. The van der Waals surface area contributed by atoms with Gasteiger partial charge in [-0.25, -0.2) is 0 Å². The quantitative estimate of drug-likeness (QED) is 0.399. The van der Waals surface area contributed by atoms with Crippen LogP contribution in [0.1, 0.15) is 12.8 Å². The van der Waals surface area contributed by atoms with E-state index in [1.165, 1.54) is 0 Å². The molecule has 0 fully saturated rings. The number of hydrogen-bond donors (Lipinski definition) is 0. The van der Waals surface area contributed by atoms with Crippen molar-refractivity contribution in [3.05, 3.63) is 0 Å². The maximum atomic E-state index is 9.68. The van der Waals surface area contributed by atoms with E-state index in [0.29, 0.717) is 12.8 Å². The van der Waals surface area contributed by atoms with Crippen LogP contribution in [-0.4, -0.2) is 10.1 Å². The molecule has 0 aromatic rings. The van der Waals surface area contributed by atoms with Crippen LogP contribution in [-0.2, 0) is 26.5 Å². The van der Waals surface area contributed by atoms with Crippen molar-refractivity contribution in [3.8, 4) is 0 Å². The molecule has 0 aliphatic rings. The minimum Gasteiger partial charge on any atom is -0.303 e. The molecule has 9 heavy (non-hydrogen) atoms. The van der Waals surface area contributed by atoms with Gasteiger partial charge in [-0.05, 0) is 0 Å². The molecule has 0 aromatic carbocycles. The van der Waals surface area contributed by atoms with Gasteiger partial charge in [0.2, 0.25) is 0 Å². The minimum absolute atomic E-state index is 0. The fourth-order valence-corrected chi connectivity index (χ4v) is 0.550. The Kier molecular flexibility index (Phi) is 8.59. The standard InChI is InChI=1S/C4H5Cl3O.Ti/c5-4(6,7)2-1-3-8;/h3H,1-2H2;. The van der Waals surface area contributed by atoms with Gasteiger partial charge in [-0.15, -0.1) is 0 Å². The first-order valence-corrected chi connectivity index (χ1v) is 3.20. The summed E-state index contributed by atoms with van der Waals surface area (Å²) in [7, 11) is 0. The summed E-state index contributed by atoms with van der Waals surface area (Å²) in [6.07, 6.45) is 1.32. The molecule has 0 heterocycles. The summed E-state index contributed by atoms with van der Waals surface area (Å²) < 4.78 is -1.26. The van der Waals surface area contributed by atoms with Crippen LogP contribution < -0.4 is 0 Å². The molecule has 0 bridgehead atoms.